The van der Waals surface area contributed by atoms with Gasteiger partial charge in [-0.2, -0.15) is 0 Å². The van der Waals surface area contributed by atoms with Gasteiger partial charge in [0.05, 0.1) is 0 Å². The molecule has 1 unspecified atom stereocenters. The van der Waals surface area contributed by atoms with Gasteiger partial charge < -0.3 is 9.84 Å². The average molecular weight is 321 g/mol. The lowest BCUT2D eigenvalue weighted by Crippen LogP contribution is -2.16. The largest absolute Gasteiger partial charge is 0.465 e. The van der Waals surface area contributed by atoms with Gasteiger partial charge in [0.2, 0.25) is 0 Å². The van der Waals surface area contributed by atoms with Crippen molar-refractivity contribution in [3.8, 4) is 5.75 Å². The Morgan fingerprint density at radius 2 is 1.43 bits per heavy atom. The maximum absolute atomic E-state index is 10.1. The van der Waals surface area contributed by atoms with Crippen LogP contribution in [0.1, 0.15) is 90.0 Å². The molecule has 2 heteroatoms. The molecule has 1 aromatic rings. The van der Waals surface area contributed by atoms with E-state index in [1.807, 2.05) is 12.1 Å². The van der Waals surface area contributed by atoms with Gasteiger partial charge in [-0.25, -0.2) is 0 Å². The van der Waals surface area contributed by atoms with Crippen molar-refractivity contribution in [1.82, 2.24) is 0 Å². The summed E-state index contributed by atoms with van der Waals surface area (Å²) >= 11 is 0. The minimum Gasteiger partial charge on any atom is -0.465 e. The first-order chi connectivity index (χ1) is 11.3. The molecule has 0 fully saturated rings. The summed E-state index contributed by atoms with van der Waals surface area (Å²) in [6.07, 6.45) is 13.6. The van der Waals surface area contributed by atoms with E-state index in [4.69, 9.17) is 4.74 Å². The smallest absolute Gasteiger partial charge is 0.197 e. The number of hydrogen-bond acceptors (Lipinski definition) is 2. The molecular formula is C21H36O2. The molecule has 1 atom stereocenters. The molecule has 132 valence electrons. The molecule has 0 saturated heterocycles. The molecule has 0 aromatic heterocycles. The SMILES string of the molecule is CCCCCCCCc1ccccc1OC(O)CCCCCC. The predicted molar refractivity (Wildman–Crippen MR) is 98.9 cm³/mol. The summed E-state index contributed by atoms with van der Waals surface area (Å²) in [5.41, 5.74) is 1.23. The number of unbranched alkanes of at least 4 members (excludes halogenated alkanes) is 8. The Morgan fingerprint density at radius 3 is 2.17 bits per heavy atom. The van der Waals surface area contributed by atoms with Crippen LogP contribution in [0.3, 0.4) is 0 Å². The van der Waals surface area contributed by atoms with Gasteiger partial charge in [-0.1, -0.05) is 83.4 Å². The van der Waals surface area contributed by atoms with Crippen molar-refractivity contribution in [2.75, 3.05) is 0 Å². The number of aryl methyl sites for hydroxylation is 1. The van der Waals surface area contributed by atoms with Crippen molar-refractivity contribution >= 4 is 0 Å². The molecule has 0 radical (unpaired) electrons. The molecule has 0 saturated carbocycles. The van der Waals surface area contributed by atoms with Crippen molar-refractivity contribution in [1.29, 1.82) is 0 Å². The van der Waals surface area contributed by atoms with E-state index in [0.717, 1.165) is 25.0 Å². The van der Waals surface area contributed by atoms with Gasteiger partial charge in [-0.3, -0.25) is 0 Å². The number of benzene rings is 1. The minimum atomic E-state index is -0.669. The normalized spacial score (nSPS) is 12.3. The molecule has 1 N–H and O–H groups in total. The summed E-state index contributed by atoms with van der Waals surface area (Å²) in [5.74, 6) is 0.865. The van der Waals surface area contributed by atoms with E-state index in [-0.39, 0.29) is 0 Å². The number of aliphatic hydroxyl groups is 1. The highest BCUT2D eigenvalue weighted by molar-refractivity contribution is 5.33. The second-order valence-electron chi connectivity index (χ2n) is 6.55. The Balaban J connectivity index is 2.32. The van der Waals surface area contributed by atoms with E-state index in [2.05, 4.69) is 26.0 Å². The van der Waals surface area contributed by atoms with Crippen LogP contribution in [-0.2, 0) is 6.42 Å². The fourth-order valence-electron chi connectivity index (χ4n) is 2.87. The molecule has 2 nitrogen and oxygen atoms in total. The molecule has 1 rings (SSSR count). The van der Waals surface area contributed by atoms with Crippen molar-refractivity contribution < 1.29 is 9.84 Å². The molecule has 23 heavy (non-hydrogen) atoms. The van der Waals surface area contributed by atoms with Crippen LogP contribution < -0.4 is 4.74 Å². The van der Waals surface area contributed by atoms with Gasteiger partial charge >= 0.3 is 0 Å². The monoisotopic (exact) mass is 320 g/mol. The molecule has 0 aliphatic rings. The lowest BCUT2D eigenvalue weighted by Gasteiger charge is -2.16. The van der Waals surface area contributed by atoms with Crippen LogP contribution in [0.5, 0.6) is 5.75 Å². The van der Waals surface area contributed by atoms with Gasteiger partial charge in [-0.15, -0.1) is 0 Å². The fraction of sp³-hybridized carbons (Fsp3) is 0.714. The molecule has 1 aromatic carbocycles. The van der Waals surface area contributed by atoms with Crippen molar-refractivity contribution in [3.05, 3.63) is 29.8 Å². The standard InChI is InChI=1S/C21H36O2/c1-3-5-7-9-10-11-15-19-16-13-14-17-20(19)23-21(22)18-12-8-6-4-2/h13-14,16-17,21-22H,3-12,15,18H2,1-2H3. The Morgan fingerprint density at radius 1 is 0.826 bits per heavy atom. The second-order valence-corrected chi connectivity index (χ2v) is 6.55. The third-order valence-corrected chi connectivity index (χ3v) is 4.34. The molecular weight excluding hydrogens is 284 g/mol. The van der Waals surface area contributed by atoms with Crippen LogP contribution in [0.2, 0.25) is 0 Å². The summed E-state index contributed by atoms with van der Waals surface area (Å²) in [4.78, 5) is 0. The zero-order valence-corrected chi connectivity index (χ0v) is 15.2. The van der Waals surface area contributed by atoms with Gasteiger partial charge in [0, 0.05) is 6.42 Å². The molecule has 0 bridgehead atoms. The zero-order valence-electron chi connectivity index (χ0n) is 15.2. The van der Waals surface area contributed by atoms with E-state index < -0.39 is 6.29 Å². The molecule has 0 heterocycles. The second kappa shape index (κ2) is 13.4. The third kappa shape index (κ3) is 9.65. The Labute approximate surface area is 143 Å². The van der Waals surface area contributed by atoms with Crippen LogP contribution in [0.25, 0.3) is 0 Å². The molecule has 0 spiro atoms. The van der Waals surface area contributed by atoms with Crippen LogP contribution in [0.4, 0.5) is 0 Å². The fourth-order valence-corrected chi connectivity index (χ4v) is 2.87. The third-order valence-electron chi connectivity index (χ3n) is 4.34. The summed E-state index contributed by atoms with van der Waals surface area (Å²) in [5, 5.41) is 10.1. The minimum absolute atomic E-state index is 0.669. The van der Waals surface area contributed by atoms with Gasteiger partial charge in [0.25, 0.3) is 0 Å². The zero-order chi connectivity index (χ0) is 16.8. The van der Waals surface area contributed by atoms with Crippen LogP contribution in [0, 0.1) is 0 Å². The van der Waals surface area contributed by atoms with E-state index >= 15 is 0 Å². The highest BCUT2D eigenvalue weighted by atomic mass is 16.6. The van der Waals surface area contributed by atoms with Crippen LogP contribution in [-0.4, -0.2) is 11.4 Å². The Bertz CT molecular complexity index is 389. The number of para-hydroxylation sites is 1. The highest BCUT2D eigenvalue weighted by Gasteiger charge is 2.09. The summed E-state index contributed by atoms with van der Waals surface area (Å²) in [6.45, 7) is 4.45. The predicted octanol–water partition coefficient (Wildman–Crippen LogP) is 6.26. The van der Waals surface area contributed by atoms with E-state index in [1.165, 1.54) is 63.4 Å². The number of rotatable bonds is 14. The quantitative estimate of drug-likeness (QED) is 0.324. The van der Waals surface area contributed by atoms with Crippen molar-refractivity contribution in [3.63, 3.8) is 0 Å². The molecule has 0 aliphatic heterocycles. The molecule has 0 aliphatic carbocycles. The lowest BCUT2D eigenvalue weighted by atomic mass is 10.0. The number of ether oxygens (including phenoxy) is 1. The lowest BCUT2D eigenvalue weighted by molar-refractivity contribution is -0.0252. The first-order valence-electron chi connectivity index (χ1n) is 9.70. The van der Waals surface area contributed by atoms with Crippen LogP contribution >= 0.6 is 0 Å². The first kappa shape index (κ1) is 20.0. The van der Waals surface area contributed by atoms with E-state index in [0.29, 0.717) is 0 Å². The summed E-state index contributed by atoms with van der Waals surface area (Å²) in [7, 11) is 0. The topological polar surface area (TPSA) is 29.5 Å². The Hall–Kier alpha value is -1.02. The maximum Gasteiger partial charge on any atom is 0.197 e. The summed E-state index contributed by atoms with van der Waals surface area (Å²) in [6, 6.07) is 8.17. The van der Waals surface area contributed by atoms with Crippen molar-refractivity contribution in [2.45, 2.75) is 97.2 Å². The average Bonchev–Trinajstić information content (AvgIpc) is 2.56. The number of hydrogen-bond donors (Lipinski definition) is 1. The summed E-state index contributed by atoms with van der Waals surface area (Å²) < 4.78 is 5.78. The Kier molecular flexibility index (Phi) is 11.7. The van der Waals surface area contributed by atoms with Crippen molar-refractivity contribution in [2.24, 2.45) is 0 Å². The van der Waals surface area contributed by atoms with Crippen LogP contribution in [0.15, 0.2) is 24.3 Å². The number of aliphatic hydroxyl groups excluding tert-OH is 1. The first-order valence-corrected chi connectivity index (χ1v) is 9.70. The van der Waals surface area contributed by atoms with E-state index in [1.54, 1.807) is 0 Å². The van der Waals surface area contributed by atoms with E-state index in [9.17, 15) is 5.11 Å². The highest BCUT2D eigenvalue weighted by Crippen LogP contribution is 2.22. The van der Waals surface area contributed by atoms with Gasteiger partial charge in [-0.05, 0) is 30.9 Å². The molecule has 0 amide bonds. The maximum atomic E-state index is 10.1. The van der Waals surface area contributed by atoms with Gasteiger partial charge in [0.1, 0.15) is 5.75 Å². The van der Waals surface area contributed by atoms with Gasteiger partial charge in [0.15, 0.2) is 6.29 Å².